The first kappa shape index (κ1) is 15.2. The zero-order chi connectivity index (χ0) is 15.7. The van der Waals surface area contributed by atoms with Gasteiger partial charge in [0.25, 0.3) is 0 Å². The van der Waals surface area contributed by atoms with E-state index in [1.807, 2.05) is 6.92 Å². The predicted molar refractivity (Wildman–Crippen MR) is 85.2 cm³/mol. The van der Waals surface area contributed by atoms with Gasteiger partial charge in [-0.1, -0.05) is 0 Å². The quantitative estimate of drug-likeness (QED) is 0.878. The van der Waals surface area contributed by atoms with Gasteiger partial charge in [0, 0.05) is 44.1 Å². The van der Waals surface area contributed by atoms with E-state index in [0.29, 0.717) is 25.7 Å². The molecule has 0 saturated carbocycles. The van der Waals surface area contributed by atoms with Crippen molar-refractivity contribution in [2.24, 2.45) is 0 Å². The number of aromatic nitrogens is 1. The number of carbonyl (C=O) groups is 2. The van der Waals surface area contributed by atoms with Crippen LogP contribution in [0.3, 0.4) is 0 Å². The van der Waals surface area contributed by atoms with Crippen LogP contribution < -0.4 is 10.2 Å². The number of hydrogen-bond acceptors (Lipinski definition) is 6. The van der Waals surface area contributed by atoms with E-state index in [-0.39, 0.29) is 11.9 Å². The van der Waals surface area contributed by atoms with Crippen molar-refractivity contribution in [3.05, 3.63) is 11.1 Å². The molecule has 120 valence electrons. The fourth-order valence-corrected chi connectivity index (χ4v) is 3.85. The topological polar surface area (TPSA) is 68.8 Å². The van der Waals surface area contributed by atoms with Crippen molar-refractivity contribution >= 4 is 28.4 Å². The molecule has 2 saturated heterocycles. The number of thiazole rings is 1. The number of imide groups is 1. The number of urea groups is 1. The molecule has 7 nitrogen and oxygen atoms in total. The van der Waals surface area contributed by atoms with Crippen LogP contribution in [0.25, 0.3) is 0 Å². The van der Waals surface area contributed by atoms with E-state index in [9.17, 15) is 9.59 Å². The van der Waals surface area contributed by atoms with Crippen LogP contribution in [0.1, 0.15) is 12.6 Å². The fraction of sp³-hybridized carbons (Fsp3) is 0.643. The lowest BCUT2D eigenvalue weighted by Gasteiger charge is -2.39. The zero-order valence-electron chi connectivity index (χ0n) is 12.9. The summed E-state index contributed by atoms with van der Waals surface area (Å²) in [5.74, 6) is -0.110. The molecule has 0 unspecified atom stereocenters. The number of aryl methyl sites for hydroxylation is 1. The van der Waals surface area contributed by atoms with Gasteiger partial charge in [0.2, 0.25) is 5.91 Å². The molecule has 3 amide bonds. The van der Waals surface area contributed by atoms with Crippen molar-refractivity contribution in [1.82, 2.24) is 20.1 Å². The Morgan fingerprint density at radius 2 is 2.27 bits per heavy atom. The Morgan fingerprint density at radius 1 is 1.45 bits per heavy atom. The minimum atomic E-state index is -0.269. The number of piperazine rings is 1. The molecule has 3 rings (SSSR count). The smallest absolute Gasteiger partial charge is 0.324 e. The Balaban J connectivity index is 1.56. The van der Waals surface area contributed by atoms with Gasteiger partial charge in [0.15, 0.2) is 5.13 Å². The van der Waals surface area contributed by atoms with Gasteiger partial charge in [-0.05, 0) is 13.8 Å². The number of nitrogens with zero attached hydrogens (tertiary/aromatic N) is 4. The number of rotatable bonds is 3. The molecule has 0 aliphatic carbocycles. The third-order valence-electron chi connectivity index (χ3n) is 4.08. The fourth-order valence-electron chi connectivity index (χ4n) is 2.92. The lowest BCUT2D eigenvalue weighted by molar-refractivity contribution is -0.128. The maximum Gasteiger partial charge on any atom is 0.324 e. The average molecular weight is 323 g/mol. The highest BCUT2D eigenvalue weighted by atomic mass is 32.1. The largest absolute Gasteiger partial charge is 0.343 e. The molecule has 1 aromatic rings. The Labute approximate surface area is 133 Å². The SMILES string of the molecule is Cc1csc(N2CCN(CC(=O)N3CCNC3=O)C[C@H]2C)n1. The first-order valence-electron chi connectivity index (χ1n) is 7.54. The summed E-state index contributed by atoms with van der Waals surface area (Å²) in [7, 11) is 0. The maximum atomic E-state index is 12.2. The molecule has 2 fully saturated rings. The van der Waals surface area contributed by atoms with Gasteiger partial charge < -0.3 is 10.2 Å². The first-order chi connectivity index (χ1) is 10.5. The standard InChI is InChI=1S/C14H21N5O2S/c1-10-9-22-14(16-10)18-6-5-17(7-11(18)2)8-12(20)19-4-3-15-13(19)21/h9,11H,3-8H2,1-2H3,(H,15,21)/t11-/m1/s1. The molecule has 3 heterocycles. The minimum Gasteiger partial charge on any atom is -0.343 e. The van der Waals surface area contributed by atoms with E-state index in [4.69, 9.17) is 0 Å². The average Bonchev–Trinajstić information content (AvgIpc) is 3.07. The summed E-state index contributed by atoms with van der Waals surface area (Å²) in [6, 6.07) is 0.0365. The van der Waals surface area contributed by atoms with Gasteiger partial charge in [-0.2, -0.15) is 0 Å². The summed E-state index contributed by atoms with van der Waals surface area (Å²) in [4.78, 5) is 34.0. The molecule has 0 bridgehead atoms. The zero-order valence-corrected chi connectivity index (χ0v) is 13.7. The monoisotopic (exact) mass is 323 g/mol. The highest BCUT2D eigenvalue weighted by molar-refractivity contribution is 7.13. The van der Waals surface area contributed by atoms with Crippen molar-refractivity contribution in [3.63, 3.8) is 0 Å². The van der Waals surface area contributed by atoms with E-state index in [0.717, 1.165) is 30.5 Å². The lowest BCUT2D eigenvalue weighted by Crippen LogP contribution is -2.54. The van der Waals surface area contributed by atoms with E-state index >= 15 is 0 Å². The van der Waals surface area contributed by atoms with Crippen LogP contribution in [0.4, 0.5) is 9.93 Å². The van der Waals surface area contributed by atoms with Gasteiger partial charge in [-0.3, -0.25) is 14.6 Å². The molecule has 2 aliphatic heterocycles. The van der Waals surface area contributed by atoms with E-state index in [1.165, 1.54) is 4.90 Å². The molecule has 0 radical (unpaired) electrons. The molecule has 22 heavy (non-hydrogen) atoms. The molecule has 0 aromatic carbocycles. The molecule has 2 aliphatic rings. The Kier molecular flexibility index (Phi) is 4.30. The number of carbonyl (C=O) groups excluding carboxylic acids is 2. The van der Waals surface area contributed by atoms with Gasteiger partial charge >= 0.3 is 6.03 Å². The summed E-state index contributed by atoms with van der Waals surface area (Å²) in [5, 5.41) is 5.77. The van der Waals surface area contributed by atoms with E-state index in [1.54, 1.807) is 11.3 Å². The first-order valence-corrected chi connectivity index (χ1v) is 8.42. The van der Waals surface area contributed by atoms with Gasteiger partial charge in [-0.25, -0.2) is 9.78 Å². The summed E-state index contributed by atoms with van der Waals surface area (Å²) >= 11 is 1.66. The van der Waals surface area contributed by atoms with Crippen molar-refractivity contribution in [1.29, 1.82) is 0 Å². The number of hydrogen-bond donors (Lipinski definition) is 1. The second-order valence-corrected chi connectivity index (χ2v) is 6.66. The molecule has 1 aromatic heterocycles. The second kappa shape index (κ2) is 6.21. The third-order valence-corrected chi connectivity index (χ3v) is 5.08. The number of anilines is 1. The van der Waals surface area contributed by atoms with Crippen LogP contribution in [0.5, 0.6) is 0 Å². The lowest BCUT2D eigenvalue weighted by atomic mass is 10.2. The van der Waals surface area contributed by atoms with Crippen LogP contribution >= 0.6 is 11.3 Å². The summed E-state index contributed by atoms with van der Waals surface area (Å²) < 4.78 is 0. The summed E-state index contributed by atoms with van der Waals surface area (Å²) in [6.07, 6.45) is 0. The highest BCUT2D eigenvalue weighted by Gasteiger charge is 2.30. The van der Waals surface area contributed by atoms with Gasteiger partial charge in [0.1, 0.15) is 0 Å². The molecule has 0 spiro atoms. The predicted octanol–water partition coefficient (Wildman–Crippen LogP) is 0.514. The molecule has 8 heteroatoms. The third kappa shape index (κ3) is 3.07. The second-order valence-electron chi connectivity index (χ2n) is 5.83. The van der Waals surface area contributed by atoms with Crippen LogP contribution in [-0.2, 0) is 4.79 Å². The minimum absolute atomic E-state index is 0.110. The van der Waals surface area contributed by atoms with Crippen LogP contribution in [0.15, 0.2) is 5.38 Å². The Morgan fingerprint density at radius 3 is 2.86 bits per heavy atom. The summed E-state index contributed by atoms with van der Waals surface area (Å²) in [6.45, 7) is 7.96. The molecule has 1 atom stereocenters. The van der Waals surface area contributed by atoms with Crippen molar-refractivity contribution in [2.75, 3.05) is 44.2 Å². The molecular weight excluding hydrogens is 302 g/mol. The van der Waals surface area contributed by atoms with E-state index < -0.39 is 0 Å². The van der Waals surface area contributed by atoms with Crippen molar-refractivity contribution in [3.8, 4) is 0 Å². The highest BCUT2D eigenvalue weighted by Crippen LogP contribution is 2.24. The number of amides is 3. The van der Waals surface area contributed by atoms with E-state index in [2.05, 4.69) is 32.4 Å². The van der Waals surface area contributed by atoms with Crippen LogP contribution in [-0.4, -0.2) is 72.0 Å². The van der Waals surface area contributed by atoms with Crippen molar-refractivity contribution in [2.45, 2.75) is 19.9 Å². The maximum absolute atomic E-state index is 12.2. The molecule has 1 N–H and O–H groups in total. The van der Waals surface area contributed by atoms with Crippen LogP contribution in [0.2, 0.25) is 0 Å². The summed E-state index contributed by atoms with van der Waals surface area (Å²) in [5.41, 5.74) is 1.05. The Bertz CT molecular complexity index is 575. The Hall–Kier alpha value is -1.67. The van der Waals surface area contributed by atoms with Crippen molar-refractivity contribution < 1.29 is 9.59 Å². The molecular formula is C14H21N5O2S. The van der Waals surface area contributed by atoms with Crippen LogP contribution in [0, 0.1) is 6.92 Å². The number of nitrogens with one attached hydrogen (secondary N) is 1. The van der Waals surface area contributed by atoms with Gasteiger partial charge in [-0.15, -0.1) is 11.3 Å². The normalized spacial score (nSPS) is 23.0. The van der Waals surface area contributed by atoms with Gasteiger partial charge in [0.05, 0.1) is 12.2 Å².